The molecule has 1 unspecified atom stereocenters. The number of likely N-dealkylation sites (tertiary alicyclic amines) is 1. The number of hydrogen-bond donors (Lipinski definition) is 1. The number of amides is 1. The molecule has 1 fully saturated rings. The van der Waals surface area contributed by atoms with Gasteiger partial charge in [0.2, 0.25) is 5.91 Å². The second-order valence-corrected chi connectivity index (χ2v) is 7.60. The molecule has 1 amide bonds. The van der Waals surface area contributed by atoms with Crippen LogP contribution in [0.2, 0.25) is 0 Å². The van der Waals surface area contributed by atoms with Gasteiger partial charge in [0.1, 0.15) is 0 Å². The highest BCUT2D eigenvalue weighted by molar-refractivity contribution is 5.92. The number of aryl methyl sites for hydroxylation is 1. The lowest BCUT2D eigenvalue weighted by Gasteiger charge is -2.36. The summed E-state index contributed by atoms with van der Waals surface area (Å²) >= 11 is 0. The van der Waals surface area contributed by atoms with E-state index in [1.807, 2.05) is 23.5 Å². The SMILES string of the molecule is CC(=O)N1CCC(N[C@@H]2CN(C)C[C@H]2c2cncn2C)c2ccccc21. The number of carbonyl (C=O) groups is 1. The van der Waals surface area contributed by atoms with E-state index in [0.29, 0.717) is 12.0 Å². The molecule has 4 rings (SSSR count). The van der Waals surface area contributed by atoms with Crippen LogP contribution in [0.3, 0.4) is 0 Å². The highest BCUT2D eigenvalue weighted by atomic mass is 16.2. The molecule has 2 aliphatic rings. The molecule has 3 atom stereocenters. The number of para-hydroxylation sites is 1. The van der Waals surface area contributed by atoms with E-state index in [1.165, 1.54) is 11.3 Å². The van der Waals surface area contributed by atoms with Crippen molar-refractivity contribution in [2.45, 2.75) is 31.3 Å². The molecule has 1 aromatic heterocycles. The van der Waals surface area contributed by atoms with Gasteiger partial charge in [-0.25, -0.2) is 4.98 Å². The molecule has 6 nitrogen and oxygen atoms in total. The number of aromatic nitrogens is 2. The molecule has 26 heavy (non-hydrogen) atoms. The van der Waals surface area contributed by atoms with Gasteiger partial charge in [-0.2, -0.15) is 0 Å². The Morgan fingerprint density at radius 2 is 2.04 bits per heavy atom. The van der Waals surface area contributed by atoms with Crippen molar-refractivity contribution in [3.8, 4) is 0 Å². The molecule has 1 saturated heterocycles. The van der Waals surface area contributed by atoms with E-state index in [1.54, 1.807) is 6.92 Å². The molecule has 0 aliphatic carbocycles. The fraction of sp³-hybridized carbons (Fsp3) is 0.500. The Kier molecular flexibility index (Phi) is 4.54. The normalized spacial score (nSPS) is 26.1. The van der Waals surface area contributed by atoms with Crippen LogP contribution < -0.4 is 10.2 Å². The smallest absolute Gasteiger partial charge is 0.223 e. The van der Waals surface area contributed by atoms with Gasteiger partial charge in [0.25, 0.3) is 0 Å². The number of likely N-dealkylation sites (N-methyl/N-ethyl adjacent to an activating group) is 1. The summed E-state index contributed by atoms with van der Waals surface area (Å²) in [4.78, 5) is 20.6. The number of carbonyl (C=O) groups excluding carboxylic acids is 1. The van der Waals surface area contributed by atoms with E-state index in [9.17, 15) is 4.79 Å². The Hall–Kier alpha value is -2.18. The predicted molar refractivity (Wildman–Crippen MR) is 102 cm³/mol. The third-order valence-electron chi connectivity index (χ3n) is 5.78. The molecule has 1 N–H and O–H groups in total. The topological polar surface area (TPSA) is 53.4 Å². The summed E-state index contributed by atoms with van der Waals surface area (Å²) in [7, 11) is 4.25. The second kappa shape index (κ2) is 6.85. The van der Waals surface area contributed by atoms with E-state index >= 15 is 0 Å². The van der Waals surface area contributed by atoms with Crippen LogP contribution in [0.15, 0.2) is 36.8 Å². The van der Waals surface area contributed by atoms with Crippen molar-refractivity contribution >= 4 is 11.6 Å². The van der Waals surface area contributed by atoms with Crippen LogP contribution >= 0.6 is 0 Å². The third-order valence-corrected chi connectivity index (χ3v) is 5.78. The van der Waals surface area contributed by atoms with E-state index in [-0.39, 0.29) is 11.9 Å². The Labute approximate surface area is 154 Å². The van der Waals surface area contributed by atoms with Crippen LogP contribution in [-0.2, 0) is 11.8 Å². The fourth-order valence-electron chi connectivity index (χ4n) is 4.51. The van der Waals surface area contributed by atoms with Crippen LogP contribution in [0, 0.1) is 0 Å². The van der Waals surface area contributed by atoms with Crippen molar-refractivity contribution < 1.29 is 4.79 Å². The van der Waals surface area contributed by atoms with E-state index in [2.05, 4.69) is 52.1 Å². The Balaban J connectivity index is 1.59. The first kappa shape index (κ1) is 17.2. The lowest BCUT2D eigenvalue weighted by molar-refractivity contribution is -0.116. The standard InChI is InChI=1S/C20H27N5O/c1-14(26)25-9-8-17(15-6-4-5-7-19(15)25)22-18-12-23(2)11-16(18)20-10-21-13-24(20)3/h4-7,10,13,16-18,22H,8-9,11-12H2,1-3H3/t16-,17?,18-/m1/s1. The largest absolute Gasteiger partial charge is 0.337 e. The van der Waals surface area contributed by atoms with Crippen LogP contribution in [0.25, 0.3) is 0 Å². The summed E-state index contributed by atoms with van der Waals surface area (Å²) in [6, 6.07) is 8.94. The van der Waals surface area contributed by atoms with Gasteiger partial charge < -0.3 is 19.7 Å². The first-order valence-electron chi connectivity index (χ1n) is 9.32. The predicted octanol–water partition coefficient (Wildman–Crippen LogP) is 1.91. The van der Waals surface area contributed by atoms with Gasteiger partial charge in [0.15, 0.2) is 0 Å². The number of benzene rings is 1. The monoisotopic (exact) mass is 353 g/mol. The number of nitrogens with zero attached hydrogens (tertiary/aromatic N) is 4. The number of rotatable bonds is 3. The molecule has 0 radical (unpaired) electrons. The fourth-order valence-corrected chi connectivity index (χ4v) is 4.51. The van der Waals surface area contributed by atoms with Crippen LogP contribution in [0.5, 0.6) is 0 Å². The molecule has 2 aliphatic heterocycles. The maximum absolute atomic E-state index is 12.0. The van der Waals surface area contributed by atoms with Gasteiger partial charge >= 0.3 is 0 Å². The van der Waals surface area contributed by atoms with Gasteiger partial charge in [-0.3, -0.25) is 4.79 Å². The number of hydrogen-bond acceptors (Lipinski definition) is 4. The van der Waals surface area contributed by atoms with Crippen LogP contribution in [-0.4, -0.2) is 53.1 Å². The Morgan fingerprint density at radius 3 is 2.77 bits per heavy atom. The average molecular weight is 353 g/mol. The maximum Gasteiger partial charge on any atom is 0.223 e. The molecule has 138 valence electrons. The summed E-state index contributed by atoms with van der Waals surface area (Å²) in [6.45, 7) is 4.47. The minimum Gasteiger partial charge on any atom is -0.337 e. The van der Waals surface area contributed by atoms with Crippen molar-refractivity contribution in [1.82, 2.24) is 19.8 Å². The Morgan fingerprint density at radius 1 is 1.23 bits per heavy atom. The number of anilines is 1. The summed E-state index contributed by atoms with van der Waals surface area (Å²) in [6.07, 6.45) is 4.81. The van der Waals surface area contributed by atoms with Crippen molar-refractivity contribution in [3.63, 3.8) is 0 Å². The van der Waals surface area contributed by atoms with Crippen molar-refractivity contribution in [1.29, 1.82) is 0 Å². The van der Waals surface area contributed by atoms with Crippen LogP contribution in [0.4, 0.5) is 5.69 Å². The quantitative estimate of drug-likeness (QED) is 0.916. The minimum absolute atomic E-state index is 0.115. The van der Waals surface area contributed by atoms with E-state index in [0.717, 1.165) is 31.7 Å². The summed E-state index contributed by atoms with van der Waals surface area (Å²) < 4.78 is 2.13. The van der Waals surface area contributed by atoms with Crippen molar-refractivity contribution in [2.75, 3.05) is 31.6 Å². The maximum atomic E-state index is 12.0. The summed E-state index contributed by atoms with van der Waals surface area (Å²) in [5.41, 5.74) is 3.56. The third kappa shape index (κ3) is 3.04. The molecule has 6 heteroatoms. The first-order valence-corrected chi connectivity index (χ1v) is 9.32. The highest BCUT2D eigenvalue weighted by Crippen LogP contribution is 2.36. The van der Waals surface area contributed by atoms with Crippen LogP contribution in [0.1, 0.15) is 36.6 Å². The molecule has 3 heterocycles. The first-order chi connectivity index (χ1) is 12.5. The van der Waals surface area contributed by atoms with E-state index in [4.69, 9.17) is 0 Å². The van der Waals surface area contributed by atoms with Gasteiger partial charge in [0.05, 0.1) is 6.33 Å². The molecular formula is C20H27N5O. The average Bonchev–Trinajstić information content (AvgIpc) is 3.20. The molecule has 0 bridgehead atoms. The number of fused-ring (bicyclic) bond motifs is 1. The zero-order chi connectivity index (χ0) is 18.3. The molecule has 0 spiro atoms. The number of nitrogens with one attached hydrogen (secondary N) is 1. The minimum atomic E-state index is 0.115. The lowest BCUT2D eigenvalue weighted by atomic mass is 9.93. The number of imidazole rings is 1. The van der Waals surface area contributed by atoms with Gasteiger partial charge in [-0.05, 0) is 25.1 Å². The molecule has 1 aromatic carbocycles. The molecule has 2 aromatic rings. The zero-order valence-corrected chi connectivity index (χ0v) is 15.7. The zero-order valence-electron chi connectivity index (χ0n) is 15.7. The molecule has 0 saturated carbocycles. The van der Waals surface area contributed by atoms with Crippen molar-refractivity contribution in [2.24, 2.45) is 7.05 Å². The molecular weight excluding hydrogens is 326 g/mol. The van der Waals surface area contributed by atoms with Crippen molar-refractivity contribution in [3.05, 3.63) is 48.0 Å². The van der Waals surface area contributed by atoms with Gasteiger partial charge in [-0.15, -0.1) is 0 Å². The van der Waals surface area contributed by atoms with Gasteiger partial charge in [-0.1, -0.05) is 18.2 Å². The lowest BCUT2D eigenvalue weighted by Crippen LogP contribution is -2.43. The second-order valence-electron chi connectivity index (χ2n) is 7.60. The summed E-state index contributed by atoms with van der Waals surface area (Å²) in [5.74, 6) is 0.537. The summed E-state index contributed by atoms with van der Waals surface area (Å²) in [5, 5.41) is 3.91. The van der Waals surface area contributed by atoms with Gasteiger partial charge in [0, 0.05) is 69.2 Å². The highest BCUT2D eigenvalue weighted by Gasteiger charge is 2.36. The Bertz CT molecular complexity index is 801. The van der Waals surface area contributed by atoms with E-state index < -0.39 is 0 Å².